The molecule has 7 heteroatoms. The minimum Gasteiger partial charge on any atom is -0.382 e. The average Bonchev–Trinajstić information content (AvgIpc) is 2.60. The fraction of sp³-hybridized carbons (Fsp3) is 0.389. The van der Waals surface area contributed by atoms with E-state index in [1.54, 1.807) is 4.90 Å². The van der Waals surface area contributed by atoms with Crippen LogP contribution in [0.15, 0.2) is 24.3 Å². The average molecular weight is 360 g/mol. The molecule has 4 N–H and O–H groups in total. The highest BCUT2D eigenvalue weighted by Crippen LogP contribution is 2.35. The van der Waals surface area contributed by atoms with Crippen LogP contribution in [0.3, 0.4) is 0 Å². The quantitative estimate of drug-likeness (QED) is 0.817. The number of amides is 1. The summed E-state index contributed by atoms with van der Waals surface area (Å²) < 4.78 is 0. The minimum absolute atomic E-state index is 0.0228. The van der Waals surface area contributed by atoms with Crippen LogP contribution in [-0.2, 0) is 17.6 Å². The summed E-state index contributed by atoms with van der Waals surface area (Å²) in [6.45, 7) is 2.07. The van der Waals surface area contributed by atoms with Gasteiger partial charge in [-0.05, 0) is 38.2 Å². The maximum atomic E-state index is 12.5. The Morgan fingerprint density at radius 3 is 2.68 bits per heavy atom. The number of rotatable bonds is 4. The fourth-order valence-electron chi connectivity index (χ4n) is 3.35. The Bertz CT molecular complexity index is 778. The molecule has 3 rings (SSSR count). The molecule has 2 heterocycles. The van der Waals surface area contributed by atoms with Crippen molar-refractivity contribution >= 4 is 35.0 Å². The summed E-state index contributed by atoms with van der Waals surface area (Å²) >= 11 is 5.84. The molecular weight excluding hydrogens is 338 g/mol. The molecule has 0 bridgehead atoms. The molecule has 1 unspecified atom stereocenters. The van der Waals surface area contributed by atoms with Gasteiger partial charge in [-0.3, -0.25) is 4.79 Å². The summed E-state index contributed by atoms with van der Waals surface area (Å²) in [4.78, 5) is 22.4. The lowest BCUT2D eigenvalue weighted by Gasteiger charge is -2.37. The molecule has 0 aliphatic carbocycles. The van der Waals surface area contributed by atoms with Crippen molar-refractivity contribution in [3.8, 4) is 0 Å². The fourth-order valence-corrected chi connectivity index (χ4v) is 3.48. The van der Waals surface area contributed by atoms with Gasteiger partial charge in [-0.15, -0.1) is 11.6 Å². The highest BCUT2D eigenvalue weighted by molar-refractivity contribution is 6.29. The van der Waals surface area contributed by atoms with E-state index in [1.165, 1.54) is 11.1 Å². The van der Waals surface area contributed by atoms with Crippen LogP contribution in [0.2, 0.25) is 0 Å². The van der Waals surface area contributed by atoms with Crippen molar-refractivity contribution in [2.75, 3.05) is 22.2 Å². The van der Waals surface area contributed by atoms with Crippen LogP contribution in [0.25, 0.3) is 0 Å². The molecule has 0 spiro atoms. The molecule has 132 valence electrons. The van der Waals surface area contributed by atoms with Crippen molar-refractivity contribution in [3.05, 3.63) is 41.1 Å². The van der Waals surface area contributed by atoms with Crippen LogP contribution in [0.4, 0.5) is 17.5 Å². The number of aryl methyl sites for hydroxylation is 3. The molecule has 0 radical (unpaired) electrons. The molecule has 0 saturated heterocycles. The number of halogens is 1. The number of hydrogen-bond donors (Lipinski definition) is 2. The van der Waals surface area contributed by atoms with Gasteiger partial charge in [0.15, 0.2) is 5.82 Å². The van der Waals surface area contributed by atoms with Crippen molar-refractivity contribution < 1.29 is 4.79 Å². The number of carbonyl (C=O) groups excluding carboxylic acids is 1. The zero-order valence-corrected chi connectivity index (χ0v) is 15.0. The van der Waals surface area contributed by atoms with Gasteiger partial charge < -0.3 is 16.4 Å². The smallest absolute Gasteiger partial charge is 0.242 e. The second-order valence-corrected chi connectivity index (χ2v) is 6.64. The van der Waals surface area contributed by atoms with Crippen molar-refractivity contribution in [3.63, 3.8) is 0 Å². The van der Waals surface area contributed by atoms with Crippen molar-refractivity contribution in [1.82, 2.24) is 9.97 Å². The molecular formula is C18H22ClN5O. The highest BCUT2D eigenvalue weighted by atomic mass is 35.5. The molecule has 1 aliphatic rings. The summed E-state index contributed by atoms with van der Waals surface area (Å²) in [6.07, 6.45) is 3.23. The second-order valence-electron chi connectivity index (χ2n) is 6.38. The third-order valence-electron chi connectivity index (χ3n) is 4.59. The standard InChI is InChI=1S/C18H22ClN5O/c1-11-2-4-12(5-3-11)6-7-13-8-9-14-16(24(13)15(25)10-19)17(20)23-18(21)22-14/h2-5,13H,6-10H2,1H3,(H4,20,21,22,23). The molecule has 1 aromatic carbocycles. The first kappa shape index (κ1) is 17.5. The zero-order chi connectivity index (χ0) is 18.0. The van der Waals surface area contributed by atoms with E-state index in [4.69, 9.17) is 23.1 Å². The van der Waals surface area contributed by atoms with Gasteiger partial charge in [0, 0.05) is 6.04 Å². The number of nitrogens with zero attached hydrogens (tertiary/aromatic N) is 3. The minimum atomic E-state index is -0.184. The number of anilines is 3. The molecule has 6 nitrogen and oxygen atoms in total. The number of nitrogens with two attached hydrogens (primary N) is 2. The summed E-state index contributed by atoms with van der Waals surface area (Å²) in [6, 6.07) is 8.47. The second kappa shape index (κ2) is 7.27. The van der Waals surface area contributed by atoms with Crippen LogP contribution >= 0.6 is 11.6 Å². The number of carbonyl (C=O) groups is 1. The van der Waals surface area contributed by atoms with Crippen LogP contribution in [-0.4, -0.2) is 27.8 Å². The van der Waals surface area contributed by atoms with Crippen LogP contribution in [0.5, 0.6) is 0 Å². The van der Waals surface area contributed by atoms with Crippen LogP contribution in [0, 0.1) is 6.92 Å². The van der Waals surface area contributed by atoms with E-state index in [0.29, 0.717) is 5.69 Å². The largest absolute Gasteiger partial charge is 0.382 e. The lowest BCUT2D eigenvalue weighted by molar-refractivity contribution is -0.116. The molecule has 25 heavy (non-hydrogen) atoms. The number of fused-ring (bicyclic) bond motifs is 1. The number of benzene rings is 1. The van der Waals surface area contributed by atoms with Gasteiger partial charge in [-0.2, -0.15) is 4.98 Å². The molecule has 1 amide bonds. The lowest BCUT2D eigenvalue weighted by Crippen LogP contribution is -2.45. The Balaban J connectivity index is 1.86. The molecule has 1 atom stereocenters. The molecule has 2 aromatic rings. The predicted octanol–water partition coefficient (Wildman–Crippen LogP) is 2.47. The van der Waals surface area contributed by atoms with E-state index in [2.05, 4.69) is 41.2 Å². The Labute approximate surface area is 152 Å². The highest BCUT2D eigenvalue weighted by Gasteiger charge is 2.33. The van der Waals surface area contributed by atoms with Gasteiger partial charge in [-0.1, -0.05) is 29.8 Å². The van der Waals surface area contributed by atoms with Crippen molar-refractivity contribution in [2.24, 2.45) is 0 Å². The zero-order valence-electron chi connectivity index (χ0n) is 14.2. The first-order valence-corrected chi connectivity index (χ1v) is 8.88. The summed E-state index contributed by atoms with van der Waals surface area (Å²) in [7, 11) is 0. The summed E-state index contributed by atoms with van der Waals surface area (Å²) in [5.41, 5.74) is 15.5. The van der Waals surface area contributed by atoms with Crippen LogP contribution < -0.4 is 16.4 Å². The Morgan fingerprint density at radius 2 is 2.00 bits per heavy atom. The van der Waals surface area contributed by atoms with E-state index in [1.807, 2.05) is 0 Å². The van der Waals surface area contributed by atoms with Gasteiger partial charge in [0.1, 0.15) is 11.6 Å². The lowest BCUT2D eigenvalue weighted by atomic mass is 9.94. The van der Waals surface area contributed by atoms with E-state index >= 15 is 0 Å². The van der Waals surface area contributed by atoms with Gasteiger partial charge in [0.05, 0.1) is 5.69 Å². The van der Waals surface area contributed by atoms with E-state index < -0.39 is 0 Å². The number of alkyl halides is 1. The first-order valence-electron chi connectivity index (χ1n) is 8.35. The normalized spacial score (nSPS) is 16.6. The number of aromatic nitrogens is 2. The van der Waals surface area contributed by atoms with Gasteiger partial charge in [-0.25, -0.2) is 4.98 Å². The van der Waals surface area contributed by atoms with E-state index in [0.717, 1.165) is 31.4 Å². The summed E-state index contributed by atoms with van der Waals surface area (Å²) in [5.74, 6) is 0.0785. The SMILES string of the molecule is Cc1ccc(CCC2CCc3nc(N)nc(N)c3N2C(=O)CCl)cc1. The number of hydrogen-bond acceptors (Lipinski definition) is 5. The molecule has 0 saturated carbocycles. The van der Waals surface area contributed by atoms with E-state index in [-0.39, 0.29) is 29.6 Å². The van der Waals surface area contributed by atoms with Gasteiger partial charge >= 0.3 is 0 Å². The van der Waals surface area contributed by atoms with E-state index in [9.17, 15) is 4.79 Å². The third kappa shape index (κ3) is 3.69. The Morgan fingerprint density at radius 1 is 1.28 bits per heavy atom. The Kier molecular flexibility index (Phi) is 5.08. The maximum absolute atomic E-state index is 12.5. The predicted molar refractivity (Wildman–Crippen MR) is 101 cm³/mol. The molecule has 1 aliphatic heterocycles. The number of nitrogen functional groups attached to an aromatic ring is 2. The topological polar surface area (TPSA) is 98.1 Å². The van der Waals surface area contributed by atoms with Crippen molar-refractivity contribution in [1.29, 1.82) is 0 Å². The third-order valence-corrected chi connectivity index (χ3v) is 4.82. The molecule has 0 fully saturated rings. The van der Waals surface area contributed by atoms with Gasteiger partial charge in [0.25, 0.3) is 0 Å². The van der Waals surface area contributed by atoms with Gasteiger partial charge in [0.2, 0.25) is 11.9 Å². The maximum Gasteiger partial charge on any atom is 0.242 e. The molecule has 1 aromatic heterocycles. The Hall–Kier alpha value is -2.34. The van der Waals surface area contributed by atoms with Crippen LogP contribution in [0.1, 0.15) is 29.7 Å². The first-order chi connectivity index (χ1) is 12.0. The monoisotopic (exact) mass is 359 g/mol. The van der Waals surface area contributed by atoms with Crippen molar-refractivity contribution in [2.45, 2.75) is 38.6 Å². The summed E-state index contributed by atoms with van der Waals surface area (Å²) in [5, 5.41) is 0.